The first kappa shape index (κ1) is 27.5. The number of benzene rings is 2. The van der Waals surface area contributed by atoms with Gasteiger partial charge in [-0.25, -0.2) is 0 Å². The second kappa shape index (κ2) is 13.1. The standard InChI is InChI=1S/C15H18.C11H11F3O.C2H6/c1-3-13-6-10-15(11-7-13)14-8-4-12(2)5-9-14;1-7(11(12,13)14)9-3-5-10(6-4-9)8(2)15;1-2/h1,6-7,10-12,14H,4-5,8-9H2,2H3;3-7H,1-2H3;1-2H3. The summed E-state index contributed by atoms with van der Waals surface area (Å²) in [6.45, 7) is 8.84. The number of rotatable bonds is 3. The van der Waals surface area contributed by atoms with Gasteiger partial charge in [0.1, 0.15) is 0 Å². The third-order valence-electron chi connectivity index (χ3n) is 5.87. The van der Waals surface area contributed by atoms with Crippen molar-refractivity contribution in [1.29, 1.82) is 0 Å². The Kier molecular flexibility index (Phi) is 11.3. The average molecular weight is 445 g/mol. The maximum atomic E-state index is 12.3. The van der Waals surface area contributed by atoms with Crippen LogP contribution in [0.4, 0.5) is 13.2 Å². The molecule has 0 amide bonds. The lowest BCUT2D eigenvalue weighted by Crippen LogP contribution is -2.17. The summed E-state index contributed by atoms with van der Waals surface area (Å²) < 4.78 is 37.0. The van der Waals surface area contributed by atoms with Crippen molar-refractivity contribution in [3.8, 4) is 12.3 Å². The Hall–Kier alpha value is -2.54. The Bertz CT molecular complexity index is 850. The predicted molar refractivity (Wildman–Crippen MR) is 127 cm³/mol. The van der Waals surface area contributed by atoms with Crippen molar-refractivity contribution in [2.45, 2.75) is 78.3 Å². The first-order valence-corrected chi connectivity index (χ1v) is 11.4. The summed E-state index contributed by atoms with van der Waals surface area (Å²) in [4.78, 5) is 10.9. The third-order valence-corrected chi connectivity index (χ3v) is 5.87. The maximum absolute atomic E-state index is 12.3. The van der Waals surface area contributed by atoms with Crippen LogP contribution in [0.2, 0.25) is 0 Å². The molecule has 2 aromatic carbocycles. The molecule has 1 aliphatic rings. The second-order valence-electron chi connectivity index (χ2n) is 8.16. The van der Waals surface area contributed by atoms with Crippen LogP contribution in [0.25, 0.3) is 0 Å². The fourth-order valence-electron chi connectivity index (χ4n) is 3.64. The van der Waals surface area contributed by atoms with Gasteiger partial charge in [-0.05, 0) is 61.8 Å². The molecule has 1 atom stereocenters. The zero-order chi connectivity index (χ0) is 24.3. The number of ketones is 1. The fraction of sp³-hybridized carbons (Fsp3) is 0.464. The van der Waals surface area contributed by atoms with E-state index in [9.17, 15) is 18.0 Å². The van der Waals surface area contributed by atoms with Crippen molar-refractivity contribution in [3.05, 3.63) is 70.8 Å². The van der Waals surface area contributed by atoms with Gasteiger partial charge in [-0.3, -0.25) is 4.79 Å². The minimum Gasteiger partial charge on any atom is -0.295 e. The Morgan fingerprint density at radius 3 is 1.88 bits per heavy atom. The summed E-state index contributed by atoms with van der Waals surface area (Å²) in [6, 6.07) is 14.1. The van der Waals surface area contributed by atoms with E-state index >= 15 is 0 Å². The van der Waals surface area contributed by atoms with Crippen LogP contribution >= 0.6 is 0 Å². The molecule has 1 fully saturated rings. The van der Waals surface area contributed by atoms with E-state index in [1.54, 1.807) is 0 Å². The van der Waals surface area contributed by atoms with Gasteiger partial charge in [-0.1, -0.05) is 75.9 Å². The number of terminal acetylenes is 1. The van der Waals surface area contributed by atoms with E-state index in [2.05, 4.69) is 37.1 Å². The van der Waals surface area contributed by atoms with Crippen LogP contribution in [0.15, 0.2) is 48.5 Å². The molecule has 3 rings (SSSR count). The largest absolute Gasteiger partial charge is 0.395 e. The van der Waals surface area contributed by atoms with E-state index in [4.69, 9.17) is 6.42 Å². The average Bonchev–Trinajstić information content (AvgIpc) is 2.80. The number of hydrogen-bond donors (Lipinski definition) is 0. The molecule has 1 aliphatic carbocycles. The molecule has 174 valence electrons. The monoisotopic (exact) mass is 444 g/mol. The molecule has 1 saturated carbocycles. The molecule has 1 nitrogen and oxygen atoms in total. The molecule has 2 aromatic rings. The first-order chi connectivity index (χ1) is 15.1. The molecular formula is C28H35F3O. The zero-order valence-electron chi connectivity index (χ0n) is 19.8. The number of carbonyl (C=O) groups is 1. The van der Waals surface area contributed by atoms with E-state index in [0.29, 0.717) is 5.56 Å². The fourth-order valence-corrected chi connectivity index (χ4v) is 3.64. The Morgan fingerprint density at radius 2 is 1.47 bits per heavy atom. The smallest absolute Gasteiger partial charge is 0.295 e. The van der Waals surface area contributed by atoms with Crippen molar-refractivity contribution in [2.24, 2.45) is 5.92 Å². The van der Waals surface area contributed by atoms with Crippen molar-refractivity contribution < 1.29 is 18.0 Å². The SMILES string of the molecule is C#Cc1ccc(C2CCC(C)CC2)cc1.CC.CC(=O)c1ccc(C(C)C(F)(F)F)cc1. The number of halogens is 3. The van der Waals surface area contributed by atoms with Gasteiger partial charge in [0.25, 0.3) is 0 Å². The van der Waals surface area contributed by atoms with Crippen LogP contribution in [0.3, 0.4) is 0 Å². The van der Waals surface area contributed by atoms with E-state index in [1.165, 1.54) is 62.4 Å². The van der Waals surface area contributed by atoms with E-state index in [1.807, 2.05) is 13.8 Å². The minimum absolute atomic E-state index is 0.152. The molecular weight excluding hydrogens is 409 g/mol. The van der Waals surface area contributed by atoms with E-state index in [-0.39, 0.29) is 11.3 Å². The quantitative estimate of drug-likeness (QED) is 0.342. The van der Waals surface area contributed by atoms with Gasteiger partial charge in [0.2, 0.25) is 0 Å². The number of alkyl halides is 3. The number of hydrogen-bond acceptors (Lipinski definition) is 1. The van der Waals surface area contributed by atoms with Crippen molar-refractivity contribution in [2.75, 3.05) is 0 Å². The predicted octanol–water partition coefficient (Wildman–Crippen LogP) is 8.54. The topological polar surface area (TPSA) is 17.1 Å². The van der Waals surface area contributed by atoms with Gasteiger partial charge in [-0.2, -0.15) is 13.2 Å². The molecule has 0 aromatic heterocycles. The highest BCUT2D eigenvalue weighted by Crippen LogP contribution is 2.35. The summed E-state index contributed by atoms with van der Waals surface area (Å²) >= 11 is 0. The van der Waals surface area contributed by atoms with E-state index < -0.39 is 12.1 Å². The first-order valence-electron chi connectivity index (χ1n) is 11.4. The molecule has 1 unspecified atom stereocenters. The van der Waals surface area contributed by atoms with Gasteiger partial charge in [0, 0.05) is 11.1 Å². The molecule has 32 heavy (non-hydrogen) atoms. The summed E-state index contributed by atoms with van der Waals surface area (Å²) in [7, 11) is 0. The summed E-state index contributed by atoms with van der Waals surface area (Å²) in [6.07, 6.45) is 6.55. The van der Waals surface area contributed by atoms with Gasteiger partial charge < -0.3 is 0 Å². The highest BCUT2D eigenvalue weighted by molar-refractivity contribution is 5.94. The van der Waals surface area contributed by atoms with Crippen molar-refractivity contribution >= 4 is 5.78 Å². The molecule has 0 aliphatic heterocycles. The van der Waals surface area contributed by atoms with Crippen molar-refractivity contribution in [1.82, 2.24) is 0 Å². The van der Waals surface area contributed by atoms with Crippen LogP contribution in [-0.2, 0) is 0 Å². The van der Waals surface area contributed by atoms with Gasteiger partial charge in [0.15, 0.2) is 5.78 Å². The maximum Gasteiger partial charge on any atom is 0.395 e. The summed E-state index contributed by atoms with van der Waals surface area (Å²) in [5.74, 6) is 2.70. The van der Waals surface area contributed by atoms with Gasteiger partial charge >= 0.3 is 6.18 Å². The van der Waals surface area contributed by atoms with Gasteiger partial charge in [0.05, 0.1) is 5.92 Å². The number of Topliss-reactive ketones (excluding diaryl/α,β-unsaturated/α-hetero) is 1. The molecule has 0 N–H and O–H groups in total. The highest BCUT2D eigenvalue weighted by Gasteiger charge is 2.36. The van der Waals surface area contributed by atoms with Gasteiger partial charge in [-0.15, -0.1) is 6.42 Å². The Labute approximate surface area is 191 Å². The van der Waals surface area contributed by atoms with Crippen LogP contribution in [0, 0.1) is 18.3 Å². The third kappa shape index (κ3) is 8.54. The minimum atomic E-state index is -4.24. The van der Waals surface area contributed by atoms with Crippen LogP contribution in [0.1, 0.15) is 99.2 Å². The molecule has 0 saturated heterocycles. The van der Waals surface area contributed by atoms with Crippen molar-refractivity contribution in [3.63, 3.8) is 0 Å². The lowest BCUT2D eigenvalue weighted by molar-refractivity contribution is -0.146. The molecule has 0 heterocycles. The van der Waals surface area contributed by atoms with Crippen LogP contribution in [-0.4, -0.2) is 12.0 Å². The number of carbonyl (C=O) groups excluding carboxylic acids is 1. The summed E-state index contributed by atoms with van der Waals surface area (Å²) in [5.41, 5.74) is 3.06. The van der Waals surface area contributed by atoms with E-state index in [0.717, 1.165) is 24.3 Å². The molecule has 4 heteroatoms. The molecule has 0 radical (unpaired) electrons. The van der Waals surface area contributed by atoms with Crippen LogP contribution < -0.4 is 0 Å². The highest BCUT2D eigenvalue weighted by atomic mass is 19.4. The summed E-state index contributed by atoms with van der Waals surface area (Å²) in [5, 5.41) is 0. The Balaban J connectivity index is 0.000000297. The zero-order valence-corrected chi connectivity index (χ0v) is 19.8. The molecule has 0 spiro atoms. The molecule has 0 bridgehead atoms. The lowest BCUT2D eigenvalue weighted by Gasteiger charge is -2.26. The second-order valence-corrected chi connectivity index (χ2v) is 8.16. The Morgan fingerprint density at radius 1 is 0.969 bits per heavy atom. The van der Waals surface area contributed by atoms with Crippen LogP contribution in [0.5, 0.6) is 0 Å². The normalized spacial score (nSPS) is 18.7. The lowest BCUT2D eigenvalue weighted by atomic mass is 9.79.